The van der Waals surface area contributed by atoms with Crippen LogP contribution in [0.1, 0.15) is 41.0 Å². The number of halogens is 1. The lowest BCUT2D eigenvalue weighted by atomic mass is 10.1. The quantitative estimate of drug-likeness (QED) is 0.871. The number of aromatic nitrogens is 2. The summed E-state index contributed by atoms with van der Waals surface area (Å²) in [5, 5.41) is 3.88. The Labute approximate surface area is 126 Å². The molecule has 116 valence electrons. The van der Waals surface area contributed by atoms with E-state index < -0.39 is 5.82 Å². The fourth-order valence-corrected chi connectivity index (χ4v) is 2.68. The van der Waals surface area contributed by atoms with Crippen LogP contribution in [0.5, 0.6) is 5.75 Å². The summed E-state index contributed by atoms with van der Waals surface area (Å²) in [5.41, 5.74) is 0.0212. The summed E-state index contributed by atoms with van der Waals surface area (Å²) in [5.74, 6) is 0.326. The van der Waals surface area contributed by atoms with Crippen molar-refractivity contribution in [3.63, 3.8) is 0 Å². The molecule has 7 heteroatoms. The van der Waals surface area contributed by atoms with E-state index in [1.807, 2.05) is 0 Å². The van der Waals surface area contributed by atoms with Crippen LogP contribution in [0.3, 0.4) is 0 Å². The van der Waals surface area contributed by atoms with E-state index >= 15 is 0 Å². The lowest BCUT2D eigenvalue weighted by Gasteiger charge is -2.22. The van der Waals surface area contributed by atoms with Gasteiger partial charge in [-0.05, 0) is 25.0 Å². The average molecular weight is 305 g/mol. The SMILES string of the molecule is COc1ccc(C(=O)N2CCCC2c2noc(C)n2)c(F)c1. The van der Waals surface area contributed by atoms with Crippen molar-refractivity contribution in [3.8, 4) is 5.75 Å². The van der Waals surface area contributed by atoms with E-state index in [9.17, 15) is 9.18 Å². The molecule has 0 aliphatic carbocycles. The van der Waals surface area contributed by atoms with Crippen molar-refractivity contribution in [1.29, 1.82) is 0 Å². The first-order valence-corrected chi connectivity index (χ1v) is 7.05. The Morgan fingerprint density at radius 3 is 2.95 bits per heavy atom. The van der Waals surface area contributed by atoms with Gasteiger partial charge in [-0.1, -0.05) is 5.16 Å². The minimum Gasteiger partial charge on any atom is -0.497 e. The Kier molecular flexibility index (Phi) is 3.79. The van der Waals surface area contributed by atoms with Crippen molar-refractivity contribution >= 4 is 5.91 Å². The normalized spacial score (nSPS) is 17.8. The summed E-state index contributed by atoms with van der Waals surface area (Å²) < 4.78 is 24.0. The number of likely N-dealkylation sites (tertiary alicyclic amines) is 1. The van der Waals surface area contributed by atoms with Crippen molar-refractivity contribution in [2.24, 2.45) is 0 Å². The molecule has 22 heavy (non-hydrogen) atoms. The van der Waals surface area contributed by atoms with Crippen LogP contribution in [0.15, 0.2) is 22.7 Å². The summed E-state index contributed by atoms with van der Waals surface area (Å²) >= 11 is 0. The van der Waals surface area contributed by atoms with Gasteiger partial charge in [0.15, 0.2) is 5.82 Å². The van der Waals surface area contributed by atoms with Crippen molar-refractivity contribution < 1.29 is 18.4 Å². The smallest absolute Gasteiger partial charge is 0.257 e. The molecule has 1 unspecified atom stereocenters. The first kappa shape index (κ1) is 14.5. The molecule has 1 amide bonds. The first-order chi connectivity index (χ1) is 10.6. The topological polar surface area (TPSA) is 68.5 Å². The van der Waals surface area contributed by atoms with Crippen LogP contribution in [-0.4, -0.2) is 34.6 Å². The maximum Gasteiger partial charge on any atom is 0.257 e. The van der Waals surface area contributed by atoms with E-state index in [4.69, 9.17) is 9.26 Å². The van der Waals surface area contributed by atoms with E-state index in [-0.39, 0.29) is 17.5 Å². The van der Waals surface area contributed by atoms with Gasteiger partial charge in [-0.25, -0.2) is 4.39 Å². The molecule has 1 saturated heterocycles. The van der Waals surface area contributed by atoms with Crippen LogP contribution < -0.4 is 4.74 Å². The molecule has 1 aliphatic rings. The number of amides is 1. The van der Waals surface area contributed by atoms with E-state index in [0.717, 1.165) is 12.8 Å². The molecule has 1 atom stereocenters. The summed E-state index contributed by atoms with van der Waals surface area (Å²) in [6.07, 6.45) is 1.56. The average Bonchev–Trinajstić information content (AvgIpc) is 3.14. The van der Waals surface area contributed by atoms with Gasteiger partial charge in [-0.3, -0.25) is 4.79 Å². The number of carbonyl (C=O) groups is 1. The zero-order valence-corrected chi connectivity index (χ0v) is 12.4. The molecule has 3 rings (SSSR count). The minimum atomic E-state index is -0.598. The van der Waals surface area contributed by atoms with Crippen LogP contribution in [0, 0.1) is 12.7 Å². The van der Waals surface area contributed by atoms with Crippen molar-refractivity contribution in [2.45, 2.75) is 25.8 Å². The summed E-state index contributed by atoms with van der Waals surface area (Å²) in [7, 11) is 1.45. The Balaban J connectivity index is 1.87. The highest BCUT2D eigenvalue weighted by Gasteiger charge is 2.34. The van der Waals surface area contributed by atoms with Gasteiger partial charge in [0.1, 0.15) is 11.6 Å². The zero-order valence-electron chi connectivity index (χ0n) is 12.4. The molecular weight excluding hydrogens is 289 g/mol. The lowest BCUT2D eigenvalue weighted by molar-refractivity contribution is 0.0723. The third-order valence-corrected chi connectivity index (χ3v) is 3.76. The minimum absolute atomic E-state index is 0.0212. The highest BCUT2D eigenvalue weighted by Crippen LogP contribution is 2.32. The predicted octanol–water partition coefficient (Wildman–Crippen LogP) is 2.50. The maximum absolute atomic E-state index is 14.1. The van der Waals surface area contributed by atoms with Crippen LogP contribution >= 0.6 is 0 Å². The molecule has 1 aromatic heterocycles. The number of carbonyl (C=O) groups excluding carboxylic acids is 1. The number of aryl methyl sites for hydroxylation is 1. The van der Waals surface area contributed by atoms with Gasteiger partial charge in [0.05, 0.1) is 18.7 Å². The number of hydrogen-bond acceptors (Lipinski definition) is 5. The maximum atomic E-state index is 14.1. The fourth-order valence-electron chi connectivity index (χ4n) is 2.68. The van der Waals surface area contributed by atoms with Gasteiger partial charge in [0.25, 0.3) is 5.91 Å². The van der Waals surface area contributed by atoms with Crippen LogP contribution in [0.25, 0.3) is 0 Å². The molecule has 0 radical (unpaired) electrons. The fraction of sp³-hybridized carbons (Fsp3) is 0.400. The molecule has 0 spiro atoms. The Morgan fingerprint density at radius 1 is 1.50 bits per heavy atom. The Bertz CT molecular complexity index is 701. The van der Waals surface area contributed by atoms with Crippen molar-refractivity contribution in [1.82, 2.24) is 15.0 Å². The van der Waals surface area contributed by atoms with Gasteiger partial charge >= 0.3 is 0 Å². The lowest BCUT2D eigenvalue weighted by Crippen LogP contribution is -2.31. The highest BCUT2D eigenvalue weighted by atomic mass is 19.1. The molecule has 2 heterocycles. The highest BCUT2D eigenvalue weighted by molar-refractivity contribution is 5.95. The third kappa shape index (κ3) is 2.54. The van der Waals surface area contributed by atoms with Crippen LogP contribution in [-0.2, 0) is 0 Å². The molecule has 0 saturated carbocycles. The summed E-state index contributed by atoms with van der Waals surface area (Å²) in [6, 6.07) is 3.94. The van der Waals surface area contributed by atoms with Gasteiger partial charge in [-0.15, -0.1) is 0 Å². The molecule has 1 aliphatic heterocycles. The molecule has 1 fully saturated rings. The van der Waals surface area contributed by atoms with Gasteiger partial charge in [0.2, 0.25) is 5.89 Å². The van der Waals surface area contributed by atoms with Crippen molar-refractivity contribution in [2.75, 3.05) is 13.7 Å². The molecule has 6 nitrogen and oxygen atoms in total. The van der Waals surface area contributed by atoms with Crippen LogP contribution in [0.2, 0.25) is 0 Å². The molecule has 2 aromatic rings. The Morgan fingerprint density at radius 2 is 2.32 bits per heavy atom. The number of nitrogens with zero attached hydrogens (tertiary/aromatic N) is 3. The molecule has 0 N–H and O–H groups in total. The van der Waals surface area contributed by atoms with E-state index in [2.05, 4.69) is 10.1 Å². The second kappa shape index (κ2) is 5.75. The number of hydrogen-bond donors (Lipinski definition) is 0. The zero-order chi connectivity index (χ0) is 15.7. The standard InChI is InChI=1S/C15H16FN3O3/c1-9-17-14(18-22-9)13-4-3-7-19(13)15(20)11-6-5-10(21-2)8-12(11)16/h5-6,8,13H,3-4,7H2,1-2H3. The van der Waals surface area contributed by atoms with Gasteiger partial charge in [-0.2, -0.15) is 4.98 Å². The number of ether oxygens (including phenoxy) is 1. The predicted molar refractivity (Wildman–Crippen MR) is 75.0 cm³/mol. The summed E-state index contributed by atoms with van der Waals surface area (Å²) in [4.78, 5) is 18.4. The number of rotatable bonds is 3. The molecule has 1 aromatic carbocycles. The van der Waals surface area contributed by atoms with Crippen LogP contribution in [0.4, 0.5) is 4.39 Å². The third-order valence-electron chi connectivity index (χ3n) is 3.76. The number of methoxy groups -OCH3 is 1. The van der Waals surface area contributed by atoms with E-state index in [1.54, 1.807) is 17.9 Å². The second-order valence-electron chi connectivity index (χ2n) is 5.17. The largest absolute Gasteiger partial charge is 0.497 e. The Hall–Kier alpha value is -2.44. The second-order valence-corrected chi connectivity index (χ2v) is 5.17. The molecule has 0 bridgehead atoms. The first-order valence-electron chi connectivity index (χ1n) is 7.05. The molecular formula is C15H16FN3O3. The monoisotopic (exact) mass is 305 g/mol. The summed E-state index contributed by atoms with van der Waals surface area (Å²) in [6.45, 7) is 2.24. The van der Waals surface area contributed by atoms with E-state index in [1.165, 1.54) is 19.2 Å². The van der Waals surface area contributed by atoms with Gasteiger partial charge in [0, 0.05) is 19.5 Å². The van der Waals surface area contributed by atoms with Crippen molar-refractivity contribution in [3.05, 3.63) is 41.3 Å². The van der Waals surface area contributed by atoms with Gasteiger partial charge < -0.3 is 14.2 Å². The number of benzene rings is 1. The van der Waals surface area contributed by atoms with E-state index in [0.29, 0.717) is 24.0 Å².